The lowest BCUT2D eigenvalue weighted by atomic mass is 10.4. The lowest BCUT2D eigenvalue weighted by Gasteiger charge is -2.13. The van der Waals surface area contributed by atoms with Crippen LogP contribution in [0.1, 0.15) is 0 Å². The van der Waals surface area contributed by atoms with Crippen LogP contribution in [0.5, 0.6) is 0 Å². The number of sulfonamides is 1. The zero-order chi connectivity index (χ0) is 17.3. The highest BCUT2D eigenvalue weighted by Gasteiger charge is 2.11. The minimum Gasteiger partial charge on any atom is -0.355 e. The van der Waals surface area contributed by atoms with E-state index in [1.807, 2.05) is 24.5 Å². The molecule has 0 aliphatic heterocycles. The molecule has 0 saturated heterocycles. The molecular formula is C16H23N5O2S. The van der Waals surface area contributed by atoms with Gasteiger partial charge in [-0.1, -0.05) is 18.2 Å². The first-order chi connectivity index (χ1) is 11.6. The Balaban J connectivity index is 1.68. The molecule has 3 N–H and O–H groups in total. The van der Waals surface area contributed by atoms with Crippen LogP contribution >= 0.6 is 0 Å². The van der Waals surface area contributed by atoms with Crippen LogP contribution in [0.2, 0.25) is 0 Å². The van der Waals surface area contributed by atoms with Gasteiger partial charge in [0.15, 0.2) is 5.96 Å². The van der Waals surface area contributed by atoms with E-state index in [0.717, 1.165) is 13.1 Å². The van der Waals surface area contributed by atoms with Crippen LogP contribution in [0, 0.1) is 0 Å². The summed E-state index contributed by atoms with van der Waals surface area (Å²) >= 11 is 0. The van der Waals surface area contributed by atoms with E-state index >= 15 is 0 Å². The van der Waals surface area contributed by atoms with Gasteiger partial charge in [0.25, 0.3) is 0 Å². The van der Waals surface area contributed by atoms with Crippen LogP contribution in [0.3, 0.4) is 0 Å². The molecule has 0 radical (unpaired) electrons. The summed E-state index contributed by atoms with van der Waals surface area (Å²) in [7, 11) is -1.79. The Labute approximate surface area is 142 Å². The summed E-state index contributed by atoms with van der Waals surface area (Å²) < 4.78 is 28.7. The Kier molecular flexibility index (Phi) is 6.83. The summed E-state index contributed by atoms with van der Waals surface area (Å²) in [6.07, 6.45) is 3.99. The van der Waals surface area contributed by atoms with Gasteiger partial charge < -0.3 is 15.2 Å². The number of rotatable bonds is 8. The Morgan fingerprint density at radius 1 is 1.00 bits per heavy atom. The average molecular weight is 349 g/mol. The molecule has 0 bridgehead atoms. The van der Waals surface area contributed by atoms with E-state index in [1.54, 1.807) is 37.4 Å². The van der Waals surface area contributed by atoms with E-state index in [4.69, 9.17) is 0 Å². The van der Waals surface area contributed by atoms with Crippen LogP contribution in [-0.4, -0.2) is 45.6 Å². The maximum atomic E-state index is 12.1. The molecule has 0 aliphatic carbocycles. The number of benzene rings is 1. The van der Waals surface area contributed by atoms with Crippen molar-refractivity contribution in [3.63, 3.8) is 0 Å². The summed E-state index contributed by atoms with van der Waals surface area (Å²) in [5.41, 5.74) is 0. The first kappa shape index (κ1) is 18.0. The maximum absolute atomic E-state index is 12.1. The fourth-order valence-corrected chi connectivity index (χ4v) is 3.15. The first-order valence-corrected chi connectivity index (χ1v) is 9.20. The lowest BCUT2D eigenvalue weighted by Crippen LogP contribution is -2.42. The Morgan fingerprint density at radius 3 is 2.33 bits per heavy atom. The van der Waals surface area contributed by atoms with Gasteiger partial charge in [0.05, 0.1) is 4.90 Å². The topological polar surface area (TPSA) is 87.5 Å². The molecule has 0 unspecified atom stereocenters. The van der Waals surface area contributed by atoms with Crippen molar-refractivity contribution in [3.8, 4) is 0 Å². The summed E-state index contributed by atoms with van der Waals surface area (Å²) in [6.45, 7) is 2.27. The molecule has 2 rings (SSSR count). The molecule has 2 aromatic rings. The van der Waals surface area contributed by atoms with Gasteiger partial charge in [-0.3, -0.25) is 4.99 Å². The van der Waals surface area contributed by atoms with Gasteiger partial charge in [-0.15, -0.1) is 0 Å². The van der Waals surface area contributed by atoms with Crippen molar-refractivity contribution in [1.82, 2.24) is 19.9 Å². The molecule has 1 heterocycles. The number of nitrogens with zero attached hydrogens (tertiary/aromatic N) is 2. The minimum atomic E-state index is -3.47. The molecule has 0 fully saturated rings. The molecular weight excluding hydrogens is 326 g/mol. The van der Waals surface area contributed by atoms with Crippen molar-refractivity contribution >= 4 is 16.0 Å². The van der Waals surface area contributed by atoms with Crippen molar-refractivity contribution in [1.29, 1.82) is 0 Å². The van der Waals surface area contributed by atoms with Gasteiger partial charge in [-0.2, -0.15) is 0 Å². The van der Waals surface area contributed by atoms with Crippen molar-refractivity contribution in [2.75, 3.05) is 26.7 Å². The van der Waals surface area contributed by atoms with Crippen LogP contribution in [0.4, 0.5) is 0 Å². The maximum Gasteiger partial charge on any atom is 0.240 e. The molecule has 0 amide bonds. The monoisotopic (exact) mass is 349 g/mol. The Morgan fingerprint density at radius 2 is 1.67 bits per heavy atom. The molecule has 1 aromatic heterocycles. The average Bonchev–Trinajstić information content (AvgIpc) is 3.11. The van der Waals surface area contributed by atoms with Crippen LogP contribution in [0.25, 0.3) is 0 Å². The Hall–Kier alpha value is -2.32. The fraction of sp³-hybridized carbons (Fsp3) is 0.312. The third kappa shape index (κ3) is 5.71. The number of hydrogen-bond donors (Lipinski definition) is 3. The highest BCUT2D eigenvalue weighted by molar-refractivity contribution is 7.89. The van der Waals surface area contributed by atoms with E-state index < -0.39 is 10.0 Å². The quantitative estimate of drug-likeness (QED) is 0.371. The highest BCUT2D eigenvalue weighted by atomic mass is 32.2. The van der Waals surface area contributed by atoms with Crippen LogP contribution in [0.15, 0.2) is 64.7 Å². The summed E-state index contributed by atoms with van der Waals surface area (Å²) in [5, 5.41) is 6.25. The first-order valence-electron chi connectivity index (χ1n) is 7.72. The van der Waals surface area contributed by atoms with Gasteiger partial charge in [-0.05, 0) is 24.3 Å². The molecule has 1 aromatic carbocycles. The highest BCUT2D eigenvalue weighted by Crippen LogP contribution is 2.06. The van der Waals surface area contributed by atoms with Gasteiger partial charge in [0.1, 0.15) is 0 Å². The largest absolute Gasteiger partial charge is 0.355 e. The molecule has 0 atom stereocenters. The van der Waals surface area contributed by atoms with Crippen molar-refractivity contribution in [2.45, 2.75) is 11.4 Å². The molecule has 24 heavy (non-hydrogen) atoms. The molecule has 0 aliphatic rings. The Bertz CT molecular complexity index is 727. The number of nitrogens with one attached hydrogen (secondary N) is 3. The summed E-state index contributed by atoms with van der Waals surface area (Å²) in [5.74, 6) is 0.640. The zero-order valence-electron chi connectivity index (χ0n) is 13.6. The number of aromatic nitrogens is 1. The van der Waals surface area contributed by atoms with Crippen LogP contribution in [-0.2, 0) is 16.6 Å². The van der Waals surface area contributed by atoms with Gasteiger partial charge in [-0.25, -0.2) is 13.1 Å². The van der Waals surface area contributed by atoms with Crippen LogP contribution < -0.4 is 15.4 Å². The van der Waals surface area contributed by atoms with Crippen molar-refractivity contribution < 1.29 is 8.42 Å². The predicted molar refractivity (Wildman–Crippen MR) is 95.4 cm³/mol. The number of aliphatic imine (C=N–C) groups is 1. The summed E-state index contributed by atoms with van der Waals surface area (Å²) in [6, 6.07) is 12.3. The van der Waals surface area contributed by atoms with Gasteiger partial charge in [0, 0.05) is 45.6 Å². The standard InChI is InChI=1S/C16H23N5O2S/c1-17-16(19-11-14-21-12-5-6-13-21)18-9-10-20-24(22,23)15-7-3-2-4-8-15/h2-8,12-13,20H,9-11,14H2,1H3,(H2,17,18,19). The minimum absolute atomic E-state index is 0.263. The molecule has 8 heteroatoms. The number of guanidine groups is 1. The van der Waals surface area contributed by atoms with E-state index in [0.29, 0.717) is 12.5 Å². The normalized spacial score (nSPS) is 12.1. The molecule has 0 saturated carbocycles. The van der Waals surface area contributed by atoms with Crippen molar-refractivity contribution in [3.05, 3.63) is 54.9 Å². The van der Waals surface area contributed by atoms with E-state index in [-0.39, 0.29) is 11.4 Å². The second-order valence-electron chi connectivity index (χ2n) is 5.06. The second kappa shape index (κ2) is 9.09. The molecule has 7 nitrogen and oxygen atoms in total. The van der Waals surface area contributed by atoms with E-state index in [1.165, 1.54) is 0 Å². The SMILES string of the molecule is CN=C(NCCNS(=O)(=O)c1ccccc1)NCCn1cccc1. The molecule has 130 valence electrons. The fourth-order valence-electron chi connectivity index (χ4n) is 2.09. The van der Waals surface area contributed by atoms with Gasteiger partial charge >= 0.3 is 0 Å². The summed E-state index contributed by atoms with van der Waals surface area (Å²) in [4.78, 5) is 4.37. The van der Waals surface area contributed by atoms with E-state index in [2.05, 4.69) is 24.9 Å². The lowest BCUT2D eigenvalue weighted by molar-refractivity contribution is 0.580. The smallest absolute Gasteiger partial charge is 0.240 e. The second-order valence-corrected chi connectivity index (χ2v) is 6.82. The predicted octanol–water partition coefficient (Wildman–Crippen LogP) is 0.632. The third-order valence-corrected chi connectivity index (χ3v) is 4.79. The van der Waals surface area contributed by atoms with Gasteiger partial charge in [0.2, 0.25) is 10.0 Å². The zero-order valence-corrected chi connectivity index (χ0v) is 14.5. The molecule has 0 spiro atoms. The van der Waals surface area contributed by atoms with Crippen molar-refractivity contribution in [2.24, 2.45) is 4.99 Å². The number of hydrogen-bond acceptors (Lipinski definition) is 3. The third-order valence-electron chi connectivity index (χ3n) is 3.32. The van der Waals surface area contributed by atoms with E-state index in [9.17, 15) is 8.42 Å².